The third-order valence-corrected chi connectivity index (χ3v) is 6.58. The number of hydrogen-bond donors (Lipinski definition) is 1. The zero-order valence-corrected chi connectivity index (χ0v) is 19.9. The van der Waals surface area contributed by atoms with Crippen LogP contribution in [0.3, 0.4) is 0 Å². The Labute approximate surface area is 205 Å². The van der Waals surface area contributed by atoms with Gasteiger partial charge in [-0.25, -0.2) is 0 Å². The molecule has 1 atom stereocenters. The van der Waals surface area contributed by atoms with Crippen LogP contribution in [0.4, 0.5) is 5.69 Å². The molecule has 3 heterocycles. The zero-order chi connectivity index (χ0) is 24.0. The number of ether oxygens (including phenoxy) is 3. The molecule has 0 radical (unpaired) electrons. The van der Waals surface area contributed by atoms with Gasteiger partial charge in [0.1, 0.15) is 6.61 Å². The Morgan fingerprint density at radius 3 is 2.31 bits per heavy atom. The Kier molecular flexibility index (Phi) is 7.46. The van der Waals surface area contributed by atoms with Gasteiger partial charge in [-0.1, -0.05) is 24.3 Å². The number of carbonyl (C=O) groups excluding carboxylic acids is 2. The minimum atomic E-state index is -0.633. The monoisotopic (exact) mass is 480 g/mol. The van der Waals surface area contributed by atoms with Gasteiger partial charge in [-0.2, -0.15) is 0 Å². The Morgan fingerprint density at radius 1 is 0.857 bits per heavy atom. The lowest BCUT2D eigenvalue weighted by atomic mass is 10.2. The number of rotatable bonds is 6. The lowest BCUT2D eigenvalue weighted by Gasteiger charge is -2.36. The minimum Gasteiger partial charge on any atom is -0.485 e. The predicted molar refractivity (Wildman–Crippen MR) is 131 cm³/mol. The molecule has 2 aromatic carbocycles. The first-order chi connectivity index (χ1) is 17.1. The molecule has 9 nitrogen and oxygen atoms in total. The molecular weight excluding hydrogens is 448 g/mol. The molecule has 2 saturated heterocycles. The van der Waals surface area contributed by atoms with Crippen molar-refractivity contribution in [3.63, 3.8) is 0 Å². The maximum absolute atomic E-state index is 12.9. The molecule has 2 fully saturated rings. The first-order valence-corrected chi connectivity index (χ1v) is 12.2. The Balaban J connectivity index is 1.04. The van der Waals surface area contributed by atoms with Crippen LogP contribution in [0.15, 0.2) is 48.5 Å². The lowest BCUT2D eigenvalue weighted by molar-refractivity contribution is -0.143. The van der Waals surface area contributed by atoms with Gasteiger partial charge < -0.3 is 24.4 Å². The maximum atomic E-state index is 12.9. The van der Waals surface area contributed by atoms with E-state index in [2.05, 4.69) is 27.2 Å². The number of hydrogen-bond acceptors (Lipinski definition) is 7. The van der Waals surface area contributed by atoms with Crippen LogP contribution in [-0.2, 0) is 20.9 Å². The average Bonchev–Trinajstić information content (AvgIpc) is 2.90. The fourth-order valence-corrected chi connectivity index (χ4v) is 4.59. The quantitative estimate of drug-likeness (QED) is 0.670. The SMILES string of the molecule is O=C(CN1CCN(C(=O)C2COc3ccccc3O2)CC1)Nc1ccc(CN2CCOCC2)cc1. The summed E-state index contributed by atoms with van der Waals surface area (Å²) in [5, 5.41) is 2.98. The number of benzene rings is 2. The molecule has 0 saturated carbocycles. The first kappa shape index (κ1) is 23.6. The summed E-state index contributed by atoms with van der Waals surface area (Å²) >= 11 is 0. The highest BCUT2D eigenvalue weighted by Crippen LogP contribution is 2.31. The number of amides is 2. The smallest absolute Gasteiger partial charge is 0.267 e. The molecule has 3 aliphatic heterocycles. The maximum Gasteiger partial charge on any atom is 0.267 e. The van der Waals surface area contributed by atoms with Gasteiger partial charge in [0.05, 0.1) is 19.8 Å². The largest absolute Gasteiger partial charge is 0.485 e. The van der Waals surface area contributed by atoms with Gasteiger partial charge in [-0.3, -0.25) is 19.4 Å². The summed E-state index contributed by atoms with van der Waals surface area (Å²) in [4.78, 5) is 31.7. The van der Waals surface area contributed by atoms with E-state index in [1.54, 1.807) is 4.90 Å². The number of morpholine rings is 1. The summed E-state index contributed by atoms with van der Waals surface area (Å²) in [6.07, 6.45) is -0.633. The highest BCUT2D eigenvalue weighted by atomic mass is 16.6. The first-order valence-electron chi connectivity index (χ1n) is 12.2. The molecule has 0 aromatic heterocycles. The standard InChI is InChI=1S/C26H32N4O5/c31-25(27-21-7-5-20(6-8-21)17-29-13-15-33-16-14-29)18-28-9-11-30(12-10-28)26(32)24-19-34-22-3-1-2-4-23(22)35-24/h1-8,24H,9-19H2,(H,27,31). The van der Waals surface area contributed by atoms with Crippen LogP contribution in [-0.4, -0.2) is 98.3 Å². The van der Waals surface area contributed by atoms with Crippen molar-refractivity contribution in [2.45, 2.75) is 12.6 Å². The Morgan fingerprint density at radius 2 is 1.57 bits per heavy atom. The van der Waals surface area contributed by atoms with E-state index in [9.17, 15) is 9.59 Å². The number of carbonyl (C=O) groups is 2. The fourth-order valence-electron chi connectivity index (χ4n) is 4.59. The van der Waals surface area contributed by atoms with E-state index in [0.717, 1.165) is 38.5 Å². The van der Waals surface area contributed by atoms with Gasteiger partial charge >= 0.3 is 0 Å². The molecule has 2 aromatic rings. The summed E-state index contributed by atoms with van der Waals surface area (Å²) in [5.41, 5.74) is 2.02. The van der Waals surface area contributed by atoms with E-state index in [1.165, 1.54) is 5.56 Å². The van der Waals surface area contributed by atoms with Gasteiger partial charge in [-0.05, 0) is 29.8 Å². The van der Waals surface area contributed by atoms with Gasteiger partial charge in [0.2, 0.25) is 12.0 Å². The fraction of sp³-hybridized carbons (Fsp3) is 0.462. The van der Waals surface area contributed by atoms with E-state index in [0.29, 0.717) is 44.2 Å². The van der Waals surface area contributed by atoms with Crippen LogP contribution < -0.4 is 14.8 Å². The summed E-state index contributed by atoms with van der Waals surface area (Å²) in [6, 6.07) is 15.4. The van der Waals surface area contributed by atoms with Crippen molar-refractivity contribution in [1.29, 1.82) is 0 Å². The third kappa shape index (κ3) is 6.11. The van der Waals surface area contributed by atoms with E-state index in [-0.39, 0.29) is 18.4 Å². The van der Waals surface area contributed by atoms with Gasteiger partial charge in [0.15, 0.2) is 11.5 Å². The molecule has 9 heteroatoms. The molecule has 186 valence electrons. The van der Waals surface area contributed by atoms with E-state index < -0.39 is 6.10 Å². The van der Waals surface area contributed by atoms with Crippen molar-refractivity contribution in [3.8, 4) is 11.5 Å². The number of para-hydroxylation sites is 2. The molecule has 1 N–H and O–H groups in total. The van der Waals surface area contributed by atoms with E-state index >= 15 is 0 Å². The predicted octanol–water partition coefficient (Wildman–Crippen LogP) is 1.44. The van der Waals surface area contributed by atoms with Crippen LogP contribution >= 0.6 is 0 Å². The Bertz CT molecular complexity index is 1020. The summed E-state index contributed by atoms with van der Waals surface area (Å²) in [5.74, 6) is 1.15. The van der Waals surface area contributed by atoms with Crippen molar-refractivity contribution in [2.75, 3.05) is 71.0 Å². The molecule has 0 bridgehead atoms. The zero-order valence-electron chi connectivity index (χ0n) is 19.9. The van der Waals surface area contributed by atoms with Gasteiger partial charge in [-0.15, -0.1) is 0 Å². The van der Waals surface area contributed by atoms with Crippen LogP contribution in [0.1, 0.15) is 5.56 Å². The van der Waals surface area contributed by atoms with Crippen molar-refractivity contribution >= 4 is 17.5 Å². The van der Waals surface area contributed by atoms with Crippen LogP contribution in [0, 0.1) is 0 Å². The molecule has 1 unspecified atom stereocenters. The number of fused-ring (bicyclic) bond motifs is 1. The number of piperazine rings is 1. The van der Waals surface area contributed by atoms with Crippen LogP contribution in [0.5, 0.6) is 11.5 Å². The molecule has 0 aliphatic carbocycles. The summed E-state index contributed by atoms with van der Waals surface area (Å²) in [6.45, 7) is 7.28. The second-order valence-electron chi connectivity index (χ2n) is 9.10. The van der Waals surface area contributed by atoms with Crippen LogP contribution in [0.2, 0.25) is 0 Å². The highest BCUT2D eigenvalue weighted by Gasteiger charge is 2.32. The second kappa shape index (κ2) is 11.1. The number of anilines is 1. The van der Waals surface area contributed by atoms with Crippen molar-refractivity contribution in [1.82, 2.24) is 14.7 Å². The number of nitrogens with one attached hydrogen (secondary N) is 1. The molecule has 35 heavy (non-hydrogen) atoms. The van der Waals surface area contributed by atoms with Crippen molar-refractivity contribution < 1.29 is 23.8 Å². The Hall–Kier alpha value is -3.14. The van der Waals surface area contributed by atoms with Gasteiger partial charge in [0.25, 0.3) is 5.91 Å². The minimum absolute atomic E-state index is 0.0497. The van der Waals surface area contributed by atoms with Crippen molar-refractivity contribution in [3.05, 3.63) is 54.1 Å². The second-order valence-corrected chi connectivity index (χ2v) is 9.10. The lowest BCUT2D eigenvalue weighted by Crippen LogP contribution is -2.54. The van der Waals surface area contributed by atoms with Crippen LogP contribution in [0.25, 0.3) is 0 Å². The van der Waals surface area contributed by atoms with Crippen molar-refractivity contribution in [2.24, 2.45) is 0 Å². The average molecular weight is 481 g/mol. The molecule has 5 rings (SSSR count). The van der Waals surface area contributed by atoms with E-state index in [4.69, 9.17) is 14.2 Å². The molecule has 0 spiro atoms. The van der Waals surface area contributed by atoms with Gasteiger partial charge in [0, 0.05) is 51.5 Å². The topological polar surface area (TPSA) is 83.6 Å². The molecule has 2 amide bonds. The summed E-state index contributed by atoms with van der Waals surface area (Å²) in [7, 11) is 0. The highest BCUT2D eigenvalue weighted by molar-refractivity contribution is 5.92. The number of nitrogens with zero attached hydrogens (tertiary/aromatic N) is 3. The molecule has 3 aliphatic rings. The third-order valence-electron chi connectivity index (χ3n) is 6.58. The summed E-state index contributed by atoms with van der Waals surface area (Å²) < 4.78 is 16.9. The normalized spacial score (nSPS) is 20.9. The molecular formula is C26H32N4O5. The van der Waals surface area contributed by atoms with E-state index in [1.807, 2.05) is 36.4 Å².